The number of alkyl halides is 1. The number of fused-ring (bicyclic) bond motifs is 1. The third-order valence-electron chi connectivity index (χ3n) is 3.91. The van der Waals surface area contributed by atoms with E-state index in [1.807, 2.05) is 37.3 Å². The maximum absolute atomic E-state index is 12.2. The Hall–Kier alpha value is -3.03. The van der Waals surface area contributed by atoms with Crippen LogP contribution in [0.4, 0.5) is 5.69 Å². The molecular weight excluding hydrogens is 350 g/mol. The van der Waals surface area contributed by atoms with Crippen LogP contribution in [0, 0.1) is 11.8 Å². The Labute approximate surface area is 156 Å². The molecule has 0 N–H and O–H groups in total. The number of carbonyl (C=O) groups excluding carboxylic acids is 1. The Balaban J connectivity index is 2.25. The van der Waals surface area contributed by atoms with Crippen molar-refractivity contribution in [2.45, 2.75) is 6.92 Å². The van der Waals surface area contributed by atoms with Crippen molar-refractivity contribution in [2.75, 3.05) is 17.3 Å². The zero-order valence-electron chi connectivity index (χ0n) is 14.2. The van der Waals surface area contributed by atoms with E-state index in [4.69, 9.17) is 16.0 Å². The first-order chi connectivity index (χ1) is 12.6. The molecule has 3 rings (SSSR count). The fourth-order valence-electron chi connectivity index (χ4n) is 2.70. The third kappa shape index (κ3) is 3.63. The average Bonchev–Trinajstić information content (AvgIpc) is 2.67. The van der Waals surface area contributed by atoms with Gasteiger partial charge >= 0.3 is 5.63 Å². The lowest BCUT2D eigenvalue weighted by molar-refractivity contribution is -0.116. The molecule has 3 aromatic rings. The predicted molar refractivity (Wildman–Crippen MR) is 104 cm³/mol. The molecule has 130 valence electrons. The van der Waals surface area contributed by atoms with Gasteiger partial charge in [0.25, 0.3) is 0 Å². The van der Waals surface area contributed by atoms with E-state index in [0.29, 0.717) is 28.8 Å². The van der Waals surface area contributed by atoms with Gasteiger partial charge in [-0.1, -0.05) is 30.0 Å². The molecule has 0 atom stereocenters. The summed E-state index contributed by atoms with van der Waals surface area (Å²) >= 11 is 5.75. The molecule has 1 amide bonds. The average molecular weight is 366 g/mol. The van der Waals surface area contributed by atoms with E-state index >= 15 is 0 Å². The summed E-state index contributed by atoms with van der Waals surface area (Å²) in [6.07, 6.45) is 0. The molecule has 2 aromatic carbocycles. The molecule has 0 fully saturated rings. The van der Waals surface area contributed by atoms with Crippen LogP contribution in [0.1, 0.15) is 18.1 Å². The summed E-state index contributed by atoms with van der Waals surface area (Å²) in [7, 11) is 0. The highest BCUT2D eigenvalue weighted by Crippen LogP contribution is 2.28. The Bertz CT molecular complexity index is 1060. The Kier molecular flexibility index (Phi) is 5.40. The van der Waals surface area contributed by atoms with Gasteiger partial charge in [0, 0.05) is 23.6 Å². The number of hydrogen-bond donors (Lipinski definition) is 0. The lowest BCUT2D eigenvalue weighted by Crippen LogP contribution is -2.32. The molecule has 0 aliphatic carbocycles. The monoisotopic (exact) mass is 365 g/mol. The SMILES string of the molecule is CCN(C(=O)CCl)c1ccc2oc(=O)ccc2c1C#Cc1ccccc1. The van der Waals surface area contributed by atoms with Gasteiger partial charge in [0.15, 0.2) is 0 Å². The number of carbonyl (C=O) groups is 1. The van der Waals surface area contributed by atoms with Gasteiger partial charge in [0.2, 0.25) is 5.91 Å². The normalized spacial score (nSPS) is 10.2. The second-order valence-corrected chi connectivity index (χ2v) is 5.78. The highest BCUT2D eigenvalue weighted by Gasteiger charge is 2.18. The zero-order chi connectivity index (χ0) is 18.5. The highest BCUT2D eigenvalue weighted by atomic mass is 35.5. The predicted octanol–water partition coefficient (Wildman–Crippen LogP) is 3.78. The summed E-state index contributed by atoms with van der Waals surface area (Å²) in [5.74, 6) is 5.90. The fourth-order valence-corrected chi connectivity index (χ4v) is 2.85. The van der Waals surface area contributed by atoms with E-state index in [1.54, 1.807) is 23.1 Å². The van der Waals surface area contributed by atoms with Gasteiger partial charge in [-0.2, -0.15) is 0 Å². The van der Waals surface area contributed by atoms with Crippen LogP contribution in [0.5, 0.6) is 0 Å². The molecule has 5 heteroatoms. The van der Waals surface area contributed by atoms with Gasteiger partial charge in [0.05, 0.1) is 11.3 Å². The highest BCUT2D eigenvalue weighted by molar-refractivity contribution is 6.29. The number of rotatable bonds is 3. The van der Waals surface area contributed by atoms with Crippen molar-refractivity contribution in [3.63, 3.8) is 0 Å². The van der Waals surface area contributed by atoms with Crippen LogP contribution in [0.25, 0.3) is 11.0 Å². The summed E-state index contributed by atoms with van der Waals surface area (Å²) in [4.78, 5) is 25.3. The standard InChI is InChI=1S/C21H16ClNO3/c1-2-23(20(24)14-22)18-11-12-19-17(10-13-21(25)26-19)16(18)9-8-15-6-4-3-5-7-15/h3-7,10-13H,2,14H2,1H3. The number of nitrogens with zero attached hydrogens (tertiary/aromatic N) is 1. The van der Waals surface area contributed by atoms with E-state index in [-0.39, 0.29) is 11.8 Å². The molecule has 0 unspecified atom stereocenters. The van der Waals surface area contributed by atoms with Crippen LogP contribution >= 0.6 is 11.6 Å². The summed E-state index contributed by atoms with van der Waals surface area (Å²) in [6.45, 7) is 2.32. The first-order valence-corrected chi connectivity index (χ1v) is 8.67. The molecule has 0 spiro atoms. The fraction of sp³-hybridized carbons (Fsp3) is 0.143. The van der Waals surface area contributed by atoms with Gasteiger partial charge in [-0.15, -0.1) is 11.6 Å². The maximum atomic E-state index is 12.2. The van der Waals surface area contributed by atoms with E-state index in [2.05, 4.69) is 11.8 Å². The van der Waals surface area contributed by atoms with Gasteiger partial charge in [-0.05, 0) is 37.3 Å². The molecule has 1 heterocycles. The van der Waals surface area contributed by atoms with Gasteiger partial charge in [-0.3, -0.25) is 4.79 Å². The first-order valence-electron chi connectivity index (χ1n) is 8.14. The molecule has 0 bridgehead atoms. The minimum absolute atomic E-state index is 0.124. The van der Waals surface area contributed by atoms with Crippen LogP contribution in [-0.2, 0) is 4.79 Å². The lowest BCUT2D eigenvalue weighted by Gasteiger charge is -2.22. The molecule has 0 aliphatic rings. The molecule has 0 saturated carbocycles. The zero-order valence-corrected chi connectivity index (χ0v) is 14.9. The quantitative estimate of drug-likeness (QED) is 0.403. The summed E-state index contributed by atoms with van der Waals surface area (Å²) in [5.41, 5.74) is 2.10. The van der Waals surface area contributed by atoms with Gasteiger partial charge in [-0.25, -0.2) is 4.79 Å². The van der Waals surface area contributed by atoms with Crippen molar-refractivity contribution in [3.05, 3.63) is 76.1 Å². The van der Waals surface area contributed by atoms with E-state index < -0.39 is 5.63 Å². The number of benzene rings is 2. The smallest absolute Gasteiger partial charge is 0.336 e. The van der Waals surface area contributed by atoms with Crippen LogP contribution in [0.2, 0.25) is 0 Å². The van der Waals surface area contributed by atoms with Crippen molar-refractivity contribution < 1.29 is 9.21 Å². The summed E-state index contributed by atoms with van der Waals surface area (Å²) in [6, 6.07) is 15.9. The lowest BCUT2D eigenvalue weighted by atomic mass is 10.1. The van der Waals surface area contributed by atoms with Crippen LogP contribution in [0.3, 0.4) is 0 Å². The van der Waals surface area contributed by atoms with Crippen LogP contribution < -0.4 is 10.5 Å². The molecule has 0 saturated heterocycles. The second-order valence-electron chi connectivity index (χ2n) is 5.51. The Morgan fingerprint density at radius 1 is 1.08 bits per heavy atom. The molecule has 4 nitrogen and oxygen atoms in total. The van der Waals surface area contributed by atoms with Crippen molar-refractivity contribution in [2.24, 2.45) is 0 Å². The minimum atomic E-state index is -0.434. The van der Waals surface area contributed by atoms with Gasteiger partial charge in [0.1, 0.15) is 11.5 Å². The van der Waals surface area contributed by atoms with Crippen molar-refractivity contribution in [1.29, 1.82) is 0 Å². The number of halogens is 1. The Morgan fingerprint density at radius 3 is 2.54 bits per heavy atom. The van der Waals surface area contributed by atoms with Crippen LogP contribution in [-0.4, -0.2) is 18.3 Å². The van der Waals surface area contributed by atoms with Crippen molar-refractivity contribution in [3.8, 4) is 11.8 Å². The first kappa shape index (κ1) is 17.8. The van der Waals surface area contributed by atoms with E-state index in [1.165, 1.54) is 6.07 Å². The molecule has 0 radical (unpaired) electrons. The number of hydrogen-bond acceptors (Lipinski definition) is 3. The molecule has 0 aliphatic heterocycles. The largest absolute Gasteiger partial charge is 0.423 e. The summed E-state index contributed by atoms with van der Waals surface area (Å²) < 4.78 is 5.26. The van der Waals surface area contributed by atoms with Crippen LogP contribution in [0.15, 0.2) is 63.8 Å². The molecular formula is C21H16ClNO3. The second kappa shape index (κ2) is 7.90. The third-order valence-corrected chi connectivity index (χ3v) is 4.14. The van der Waals surface area contributed by atoms with E-state index in [0.717, 1.165) is 5.56 Å². The maximum Gasteiger partial charge on any atom is 0.336 e. The summed E-state index contributed by atoms with van der Waals surface area (Å²) in [5, 5.41) is 0.673. The topological polar surface area (TPSA) is 50.5 Å². The Morgan fingerprint density at radius 2 is 1.85 bits per heavy atom. The number of anilines is 1. The van der Waals surface area contributed by atoms with Gasteiger partial charge < -0.3 is 9.32 Å². The van der Waals surface area contributed by atoms with E-state index in [9.17, 15) is 9.59 Å². The number of amides is 1. The van der Waals surface area contributed by atoms with Crippen molar-refractivity contribution >= 4 is 34.2 Å². The molecule has 26 heavy (non-hydrogen) atoms. The van der Waals surface area contributed by atoms with Crippen molar-refractivity contribution in [1.82, 2.24) is 0 Å². The molecule has 1 aromatic heterocycles. The minimum Gasteiger partial charge on any atom is -0.423 e.